The van der Waals surface area contributed by atoms with Crippen molar-refractivity contribution in [2.75, 3.05) is 18.8 Å². The molecular weight excluding hydrogens is 417 g/mol. The molecule has 0 spiro atoms. The number of thioether (sulfide) groups is 1. The highest BCUT2D eigenvalue weighted by Gasteiger charge is 2.31. The first-order valence-corrected chi connectivity index (χ1v) is 10.9. The fourth-order valence-corrected chi connectivity index (χ4v) is 4.60. The minimum atomic E-state index is -4.42. The summed E-state index contributed by atoms with van der Waals surface area (Å²) in [6.45, 7) is 5.02. The number of nitrogens with zero attached hydrogens (tertiary/aromatic N) is 3. The highest BCUT2D eigenvalue weighted by Crippen LogP contribution is 2.33. The lowest BCUT2D eigenvalue weighted by Crippen LogP contribution is -2.49. The molecule has 1 N–H and O–H groups in total. The molecule has 0 saturated carbocycles. The van der Waals surface area contributed by atoms with Crippen molar-refractivity contribution in [3.63, 3.8) is 0 Å². The minimum absolute atomic E-state index is 0.0457. The predicted molar refractivity (Wildman–Crippen MR) is 109 cm³/mol. The van der Waals surface area contributed by atoms with Crippen LogP contribution in [0.2, 0.25) is 0 Å². The van der Waals surface area contributed by atoms with E-state index in [2.05, 4.69) is 10.3 Å². The lowest BCUT2D eigenvalue weighted by Gasteiger charge is -2.33. The Hall–Kier alpha value is -2.23. The number of benzene rings is 1. The van der Waals surface area contributed by atoms with Gasteiger partial charge in [0.1, 0.15) is 0 Å². The topological polar surface area (TPSA) is 67.2 Å². The smallest absolute Gasteiger partial charge is 0.352 e. The number of rotatable bonds is 6. The molecule has 1 aromatic heterocycles. The molecule has 1 saturated heterocycles. The maximum absolute atomic E-state index is 13.1. The number of alkyl halides is 3. The van der Waals surface area contributed by atoms with Crippen molar-refractivity contribution in [1.29, 1.82) is 0 Å². The van der Waals surface area contributed by atoms with Crippen LogP contribution in [-0.2, 0) is 22.3 Å². The van der Waals surface area contributed by atoms with Gasteiger partial charge in [-0.2, -0.15) is 13.2 Å². The Labute approximate surface area is 177 Å². The molecule has 10 heteroatoms. The van der Waals surface area contributed by atoms with Gasteiger partial charge in [0.15, 0.2) is 5.16 Å². The summed E-state index contributed by atoms with van der Waals surface area (Å²) >= 11 is 1.24. The largest absolute Gasteiger partial charge is 0.416 e. The predicted octanol–water partition coefficient (Wildman–Crippen LogP) is 3.68. The van der Waals surface area contributed by atoms with Gasteiger partial charge in [0.25, 0.3) is 0 Å². The van der Waals surface area contributed by atoms with Crippen LogP contribution in [0, 0.1) is 0 Å². The summed E-state index contributed by atoms with van der Waals surface area (Å²) in [4.78, 5) is 30.1. The van der Waals surface area contributed by atoms with Crippen LogP contribution >= 0.6 is 11.8 Å². The van der Waals surface area contributed by atoms with Gasteiger partial charge in [-0.3, -0.25) is 9.59 Å². The Bertz CT molecular complexity index is 929. The van der Waals surface area contributed by atoms with Gasteiger partial charge in [-0.1, -0.05) is 18.7 Å². The van der Waals surface area contributed by atoms with Crippen molar-refractivity contribution < 1.29 is 22.8 Å². The molecule has 1 aliphatic rings. The van der Waals surface area contributed by atoms with E-state index in [0.29, 0.717) is 35.8 Å². The summed E-state index contributed by atoms with van der Waals surface area (Å²) in [5.41, 5.74) is 0.192. The zero-order chi connectivity index (χ0) is 21.9. The van der Waals surface area contributed by atoms with Crippen molar-refractivity contribution in [3.05, 3.63) is 23.8 Å². The van der Waals surface area contributed by atoms with E-state index >= 15 is 0 Å². The fourth-order valence-electron chi connectivity index (χ4n) is 3.65. The number of carbonyl (C=O) groups is 2. The van der Waals surface area contributed by atoms with E-state index in [4.69, 9.17) is 0 Å². The summed E-state index contributed by atoms with van der Waals surface area (Å²) in [5, 5.41) is 3.39. The number of aryl methyl sites for hydroxylation is 1. The number of aromatic nitrogens is 2. The first-order valence-electron chi connectivity index (χ1n) is 9.94. The van der Waals surface area contributed by atoms with Gasteiger partial charge < -0.3 is 14.8 Å². The summed E-state index contributed by atoms with van der Waals surface area (Å²) in [6.07, 6.45) is -2.04. The monoisotopic (exact) mass is 442 g/mol. The van der Waals surface area contributed by atoms with Crippen LogP contribution in [0.4, 0.5) is 13.2 Å². The van der Waals surface area contributed by atoms with Gasteiger partial charge in [-0.25, -0.2) is 4.98 Å². The van der Waals surface area contributed by atoms with E-state index in [0.717, 1.165) is 31.4 Å². The van der Waals surface area contributed by atoms with E-state index in [1.165, 1.54) is 24.8 Å². The summed E-state index contributed by atoms with van der Waals surface area (Å²) in [5.74, 6) is -0.0392. The second-order valence-electron chi connectivity index (χ2n) is 7.42. The summed E-state index contributed by atoms with van der Waals surface area (Å²) in [7, 11) is 0. The number of halogens is 3. The molecule has 1 aromatic carbocycles. The molecule has 2 aromatic rings. The average molecular weight is 443 g/mol. The Morgan fingerprint density at radius 2 is 2.10 bits per heavy atom. The third kappa shape index (κ3) is 5.27. The van der Waals surface area contributed by atoms with Crippen molar-refractivity contribution >= 4 is 34.6 Å². The third-order valence-electron chi connectivity index (χ3n) is 4.99. The molecule has 30 heavy (non-hydrogen) atoms. The molecule has 2 amide bonds. The molecular formula is C20H25F3N4O2S. The normalized spacial score (nSPS) is 17.4. The highest BCUT2D eigenvalue weighted by molar-refractivity contribution is 7.99. The standard InChI is InChI=1S/C20H25F3N4O2S/c1-3-8-27-17-10-14(20(21,22)23)6-7-16(17)25-19(27)30-12-18(29)26-9-4-5-15(11-26)24-13(2)28/h6-7,10,15H,3-5,8-9,11-12H2,1-2H3,(H,24,28). The van der Waals surface area contributed by atoms with Gasteiger partial charge in [0, 0.05) is 32.6 Å². The maximum atomic E-state index is 13.1. The quantitative estimate of drug-likeness (QED) is 0.693. The lowest BCUT2D eigenvalue weighted by atomic mass is 10.1. The van der Waals surface area contributed by atoms with Crippen LogP contribution in [0.3, 0.4) is 0 Å². The van der Waals surface area contributed by atoms with Gasteiger partial charge in [0.2, 0.25) is 11.8 Å². The number of fused-ring (bicyclic) bond motifs is 1. The summed E-state index contributed by atoms with van der Waals surface area (Å²) < 4.78 is 41.0. The van der Waals surface area contributed by atoms with Gasteiger partial charge in [0.05, 0.1) is 22.3 Å². The molecule has 1 atom stereocenters. The van der Waals surface area contributed by atoms with Crippen LogP contribution in [0.1, 0.15) is 38.7 Å². The van der Waals surface area contributed by atoms with E-state index < -0.39 is 11.7 Å². The first kappa shape index (κ1) is 22.5. The number of hydrogen-bond donors (Lipinski definition) is 1. The van der Waals surface area contributed by atoms with Crippen LogP contribution in [0.15, 0.2) is 23.4 Å². The lowest BCUT2D eigenvalue weighted by molar-refractivity contribution is -0.137. The molecule has 0 radical (unpaired) electrons. The number of piperidine rings is 1. The van der Waals surface area contributed by atoms with E-state index in [-0.39, 0.29) is 23.6 Å². The Morgan fingerprint density at radius 1 is 1.33 bits per heavy atom. The van der Waals surface area contributed by atoms with Gasteiger partial charge in [-0.05, 0) is 37.5 Å². The van der Waals surface area contributed by atoms with Gasteiger partial charge >= 0.3 is 6.18 Å². The van der Waals surface area contributed by atoms with E-state index in [1.54, 1.807) is 9.47 Å². The molecule has 1 aliphatic heterocycles. The highest BCUT2D eigenvalue weighted by atomic mass is 32.2. The Morgan fingerprint density at radius 3 is 2.77 bits per heavy atom. The zero-order valence-corrected chi connectivity index (χ0v) is 17.8. The average Bonchev–Trinajstić information content (AvgIpc) is 3.02. The van der Waals surface area contributed by atoms with Crippen molar-refractivity contribution in [3.8, 4) is 0 Å². The molecule has 0 bridgehead atoms. The molecule has 0 aliphatic carbocycles. The molecule has 1 fully saturated rings. The molecule has 164 valence electrons. The molecule has 2 heterocycles. The van der Waals surface area contributed by atoms with E-state index in [9.17, 15) is 22.8 Å². The number of carbonyl (C=O) groups excluding carboxylic acids is 2. The maximum Gasteiger partial charge on any atom is 0.416 e. The van der Waals surface area contributed by atoms with Gasteiger partial charge in [-0.15, -0.1) is 0 Å². The number of hydrogen-bond acceptors (Lipinski definition) is 4. The molecule has 1 unspecified atom stereocenters. The van der Waals surface area contributed by atoms with Crippen molar-refractivity contribution in [2.24, 2.45) is 0 Å². The molecule has 3 rings (SSSR count). The summed E-state index contributed by atoms with van der Waals surface area (Å²) in [6, 6.07) is 3.47. The third-order valence-corrected chi connectivity index (χ3v) is 5.96. The second kappa shape index (κ2) is 9.28. The minimum Gasteiger partial charge on any atom is -0.352 e. The Balaban J connectivity index is 1.74. The first-order chi connectivity index (χ1) is 14.2. The van der Waals surface area contributed by atoms with Crippen molar-refractivity contribution in [1.82, 2.24) is 19.8 Å². The Kier molecular flexibility index (Phi) is 6.95. The number of likely N-dealkylation sites (tertiary alicyclic amines) is 1. The van der Waals surface area contributed by atoms with Crippen LogP contribution in [0.25, 0.3) is 11.0 Å². The van der Waals surface area contributed by atoms with Crippen molar-refractivity contribution in [2.45, 2.75) is 57.0 Å². The zero-order valence-electron chi connectivity index (χ0n) is 17.0. The fraction of sp³-hybridized carbons (Fsp3) is 0.550. The number of imidazole rings is 1. The van der Waals surface area contributed by atoms with Crippen LogP contribution < -0.4 is 5.32 Å². The SMILES string of the molecule is CCCn1c(SCC(=O)N2CCCC(NC(C)=O)C2)nc2ccc(C(F)(F)F)cc21. The van der Waals surface area contributed by atoms with Crippen LogP contribution in [-0.4, -0.2) is 51.1 Å². The molecule has 6 nitrogen and oxygen atoms in total. The number of amides is 2. The van der Waals surface area contributed by atoms with E-state index in [1.807, 2.05) is 6.92 Å². The van der Waals surface area contributed by atoms with Crippen LogP contribution in [0.5, 0.6) is 0 Å². The second-order valence-corrected chi connectivity index (χ2v) is 8.36. The number of nitrogens with one attached hydrogen (secondary N) is 1.